The molecule has 7 nitrogen and oxygen atoms in total. The van der Waals surface area contributed by atoms with Crippen molar-refractivity contribution in [2.75, 3.05) is 11.3 Å². The number of hydrogen-bond donors (Lipinski definition) is 1. The first kappa shape index (κ1) is 24.2. The number of rotatable bonds is 5. The smallest absolute Gasteiger partial charge is 0.416 e. The molecule has 2 aromatic carbocycles. The number of ether oxygens (including phenoxy) is 1. The maximum Gasteiger partial charge on any atom is 0.416 e. The number of halogens is 3. The van der Waals surface area contributed by atoms with E-state index in [-0.39, 0.29) is 23.2 Å². The summed E-state index contributed by atoms with van der Waals surface area (Å²) >= 11 is 1.36. The lowest BCUT2D eigenvalue weighted by Gasteiger charge is -2.28. The first-order valence-corrected chi connectivity index (χ1v) is 13.2. The molecule has 1 aliphatic rings. The van der Waals surface area contributed by atoms with E-state index in [1.165, 1.54) is 48.1 Å². The second kappa shape index (κ2) is 9.17. The molecule has 0 saturated carbocycles. The van der Waals surface area contributed by atoms with Crippen molar-refractivity contribution in [3.63, 3.8) is 0 Å². The lowest BCUT2D eigenvalue weighted by Crippen LogP contribution is -2.18. The lowest BCUT2D eigenvalue weighted by molar-refractivity contribution is -0.137. The predicted molar refractivity (Wildman–Crippen MR) is 129 cm³/mol. The highest BCUT2D eigenvalue weighted by Crippen LogP contribution is 2.44. The van der Waals surface area contributed by atoms with Crippen LogP contribution in [0, 0.1) is 6.92 Å². The molecule has 0 fully saturated rings. The predicted octanol–water partition coefficient (Wildman–Crippen LogP) is 5.64. The van der Waals surface area contributed by atoms with E-state index >= 15 is 0 Å². The van der Waals surface area contributed by atoms with E-state index < -0.39 is 21.8 Å². The average molecular weight is 533 g/mol. The zero-order valence-corrected chi connectivity index (χ0v) is 20.4. The third kappa shape index (κ3) is 4.78. The minimum atomic E-state index is -4.49. The Bertz CT molecular complexity index is 1520. The number of sulfonamides is 1. The van der Waals surface area contributed by atoms with Gasteiger partial charge in [0.15, 0.2) is 0 Å². The Hall–Kier alpha value is -3.51. The fourth-order valence-electron chi connectivity index (χ4n) is 4.15. The first-order chi connectivity index (χ1) is 17.1. The molecule has 1 aliphatic heterocycles. The van der Waals surface area contributed by atoms with E-state index in [0.29, 0.717) is 34.6 Å². The molecule has 0 bridgehead atoms. The quantitative estimate of drug-likeness (QED) is 0.357. The van der Waals surface area contributed by atoms with Gasteiger partial charge in [-0.05, 0) is 43.2 Å². The molecule has 4 aromatic rings. The Labute approximate surface area is 209 Å². The highest BCUT2D eigenvalue weighted by atomic mass is 32.2. The molecular formula is C24H19F3N4O3S2. The summed E-state index contributed by atoms with van der Waals surface area (Å²) in [5, 5.41) is 2.48. The van der Waals surface area contributed by atoms with Gasteiger partial charge >= 0.3 is 6.18 Å². The van der Waals surface area contributed by atoms with Crippen LogP contribution in [0.3, 0.4) is 0 Å². The number of hydrogen-bond acceptors (Lipinski definition) is 7. The molecule has 3 heterocycles. The van der Waals surface area contributed by atoms with Crippen LogP contribution >= 0.6 is 11.3 Å². The van der Waals surface area contributed by atoms with Gasteiger partial charge in [-0.3, -0.25) is 4.72 Å². The van der Waals surface area contributed by atoms with Crippen LogP contribution in [-0.4, -0.2) is 30.0 Å². The molecule has 5 rings (SSSR count). The average Bonchev–Trinajstić information content (AvgIpc) is 3.29. The summed E-state index contributed by atoms with van der Waals surface area (Å²) in [5.74, 6) is 0.172. The minimum absolute atomic E-state index is 0.0247. The zero-order chi connectivity index (χ0) is 25.5. The summed E-state index contributed by atoms with van der Waals surface area (Å²) in [6.45, 7) is 2.07. The van der Waals surface area contributed by atoms with Crippen LogP contribution in [0.2, 0.25) is 0 Å². The van der Waals surface area contributed by atoms with E-state index in [9.17, 15) is 21.6 Å². The van der Waals surface area contributed by atoms with E-state index in [4.69, 9.17) is 4.74 Å². The number of thiazole rings is 1. The van der Waals surface area contributed by atoms with Gasteiger partial charge in [-0.1, -0.05) is 12.1 Å². The molecule has 0 saturated heterocycles. The molecule has 36 heavy (non-hydrogen) atoms. The van der Waals surface area contributed by atoms with Crippen LogP contribution in [0.5, 0.6) is 5.75 Å². The minimum Gasteiger partial charge on any atom is -0.493 e. The SMILES string of the molecule is Cc1nc(-c2cc(C(F)(F)F)ccc2[C@@H]2CCOc3cc(S(=O)(=O)Nc4ccncn4)ccc32)cs1. The number of aromatic nitrogens is 3. The van der Waals surface area contributed by atoms with E-state index in [0.717, 1.165) is 17.1 Å². The van der Waals surface area contributed by atoms with Gasteiger partial charge in [-0.2, -0.15) is 13.2 Å². The Kier molecular flexibility index (Phi) is 6.17. The molecule has 1 N–H and O–H groups in total. The largest absolute Gasteiger partial charge is 0.493 e. The van der Waals surface area contributed by atoms with Crippen molar-refractivity contribution in [3.8, 4) is 17.0 Å². The number of anilines is 1. The van der Waals surface area contributed by atoms with Crippen LogP contribution in [0.25, 0.3) is 11.3 Å². The topological polar surface area (TPSA) is 94.1 Å². The van der Waals surface area contributed by atoms with Gasteiger partial charge in [0.1, 0.15) is 17.9 Å². The molecule has 12 heteroatoms. The van der Waals surface area contributed by atoms with E-state index in [1.807, 2.05) is 0 Å². The van der Waals surface area contributed by atoms with Gasteiger partial charge in [0, 0.05) is 34.7 Å². The van der Waals surface area contributed by atoms with Crippen LogP contribution in [-0.2, 0) is 16.2 Å². The monoisotopic (exact) mass is 532 g/mol. The van der Waals surface area contributed by atoms with Gasteiger partial charge in [0.05, 0.1) is 27.8 Å². The van der Waals surface area contributed by atoms with Gasteiger partial charge in [0.2, 0.25) is 0 Å². The summed E-state index contributed by atoms with van der Waals surface area (Å²) in [7, 11) is -3.95. The fraction of sp³-hybridized carbons (Fsp3) is 0.208. The van der Waals surface area contributed by atoms with Crippen molar-refractivity contribution in [1.82, 2.24) is 15.0 Å². The molecule has 0 amide bonds. The molecule has 2 aromatic heterocycles. The Morgan fingerprint density at radius 1 is 1.11 bits per heavy atom. The number of aryl methyl sites for hydroxylation is 1. The maximum atomic E-state index is 13.5. The van der Waals surface area contributed by atoms with Crippen molar-refractivity contribution in [3.05, 3.63) is 82.1 Å². The molecule has 0 unspecified atom stereocenters. The van der Waals surface area contributed by atoms with Crippen molar-refractivity contribution in [1.29, 1.82) is 0 Å². The molecular weight excluding hydrogens is 513 g/mol. The zero-order valence-electron chi connectivity index (χ0n) is 18.8. The number of benzene rings is 2. The second-order valence-corrected chi connectivity index (χ2v) is 10.9. The van der Waals surface area contributed by atoms with Gasteiger partial charge in [-0.25, -0.2) is 23.4 Å². The lowest BCUT2D eigenvalue weighted by atomic mass is 9.83. The summed E-state index contributed by atoms with van der Waals surface area (Å²) in [6, 6.07) is 9.60. The molecule has 0 aliphatic carbocycles. The number of alkyl halides is 3. The first-order valence-electron chi connectivity index (χ1n) is 10.8. The summed E-state index contributed by atoms with van der Waals surface area (Å²) in [6.07, 6.45) is -1.34. The summed E-state index contributed by atoms with van der Waals surface area (Å²) in [4.78, 5) is 12.0. The second-order valence-electron chi connectivity index (χ2n) is 8.14. The molecule has 0 spiro atoms. The number of nitrogens with zero attached hydrogens (tertiary/aromatic N) is 3. The van der Waals surface area contributed by atoms with Gasteiger partial charge in [-0.15, -0.1) is 11.3 Å². The van der Waals surface area contributed by atoms with Crippen LogP contribution < -0.4 is 9.46 Å². The fourth-order valence-corrected chi connectivity index (χ4v) is 5.79. The molecule has 0 radical (unpaired) electrons. The van der Waals surface area contributed by atoms with Gasteiger partial charge in [0.25, 0.3) is 10.0 Å². The number of nitrogens with one attached hydrogen (secondary N) is 1. The standard InChI is InChI=1S/C24H19F3N4O3S2/c1-14-30-21(12-35-14)20-10-15(24(25,26)27)2-4-17(20)18-7-9-34-22-11-16(3-5-19(18)22)36(32,33)31-23-6-8-28-13-29-23/h2-6,8,10-13,18H,7,9H2,1H3,(H,28,29,31)/t18-/m0/s1. The van der Waals surface area contributed by atoms with Crippen LogP contribution in [0.15, 0.2) is 65.3 Å². The highest BCUT2D eigenvalue weighted by molar-refractivity contribution is 7.92. The maximum absolute atomic E-state index is 13.5. The molecule has 1 atom stereocenters. The van der Waals surface area contributed by atoms with Crippen LogP contribution in [0.4, 0.5) is 19.0 Å². The Morgan fingerprint density at radius 3 is 2.61 bits per heavy atom. The van der Waals surface area contributed by atoms with E-state index in [1.54, 1.807) is 18.4 Å². The van der Waals surface area contributed by atoms with Crippen molar-refractivity contribution >= 4 is 27.2 Å². The Balaban J connectivity index is 1.55. The Morgan fingerprint density at radius 2 is 1.92 bits per heavy atom. The third-order valence-electron chi connectivity index (χ3n) is 5.81. The highest BCUT2D eigenvalue weighted by Gasteiger charge is 2.33. The van der Waals surface area contributed by atoms with Crippen molar-refractivity contribution in [2.24, 2.45) is 0 Å². The number of fused-ring (bicyclic) bond motifs is 1. The summed E-state index contributed by atoms with van der Waals surface area (Å²) in [5.41, 5.74) is 1.48. The third-order valence-corrected chi connectivity index (χ3v) is 7.93. The van der Waals surface area contributed by atoms with Crippen molar-refractivity contribution in [2.45, 2.75) is 30.3 Å². The van der Waals surface area contributed by atoms with Crippen LogP contribution in [0.1, 0.15) is 34.0 Å². The summed E-state index contributed by atoms with van der Waals surface area (Å²) < 4.78 is 74.4. The van der Waals surface area contributed by atoms with E-state index in [2.05, 4.69) is 19.7 Å². The normalized spacial score (nSPS) is 15.7. The van der Waals surface area contributed by atoms with Crippen molar-refractivity contribution < 1.29 is 26.3 Å². The molecule has 186 valence electrons. The van der Waals surface area contributed by atoms with Gasteiger partial charge < -0.3 is 4.74 Å².